The van der Waals surface area contributed by atoms with Crippen LogP contribution in [0.2, 0.25) is 0 Å². The minimum absolute atomic E-state index is 0.0507. The molecule has 1 aliphatic heterocycles. The van der Waals surface area contributed by atoms with Crippen LogP contribution in [0.1, 0.15) is 30.5 Å². The first-order valence-corrected chi connectivity index (χ1v) is 12.4. The van der Waals surface area contributed by atoms with Crippen molar-refractivity contribution in [1.29, 1.82) is 0 Å². The fourth-order valence-electron chi connectivity index (χ4n) is 3.31. The Morgan fingerprint density at radius 2 is 1.59 bits per heavy atom. The van der Waals surface area contributed by atoms with Crippen LogP contribution in [-0.4, -0.2) is 50.7 Å². The van der Waals surface area contributed by atoms with Gasteiger partial charge in [0, 0.05) is 29.1 Å². The van der Waals surface area contributed by atoms with Gasteiger partial charge in [-0.05, 0) is 36.4 Å². The van der Waals surface area contributed by atoms with Crippen molar-refractivity contribution in [3.05, 3.63) is 87.6 Å². The van der Waals surface area contributed by atoms with Gasteiger partial charge in [0.2, 0.25) is 15.8 Å². The van der Waals surface area contributed by atoms with Crippen LogP contribution in [0.3, 0.4) is 0 Å². The molecule has 4 rings (SSSR count). The van der Waals surface area contributed by atoms with Crippen molar-refractivity contribution < 1.29 is 22.7 Å². The molecule has 1 N–H and O–H groups in total. The molecule has 32 heavy (non-hydrogen) atoms. The van der Waals surface area contributed by atoms with E-state index in [9.17, 15) is 18.0 Å². The minimum Gasteiger partial charge on any atom is -0.379 e. The highest BCUT2D eigenvalue weighted by Gasteiger charge is 2.26. The van der Waals surface area contributed by atoms with Gasteiger partial charge in [-0.1, -0.05) is 30.3 Å². The molecule has 1 saturated heterocycles. The Morgan fingerprint density at radius 3 is 2.28 bits per heavy atom. The van der Waals surface area contributed by atoms with Crippen molar-refractivity contribution in [2.24, 2.45) is 0 Å². The topological polar surface area (TPSA) is 92.8 Å². The standard InChI is InChI=1S/C23H22N2O5S2/c26-22(17-4-2-1-3-5-17)21-11-8-19(31-21)16-24-23(27)18-6-9-20(10-7-18)32(28,29)25-12-14-30-15-13-25/h1-11H,12-16H2,(H,24,27). The molecule has 1 aromatic heterocycles. The molecule has 9 heteroatoms. The van der Waals surface area contributed by atoms with Crippen LogP contribution < -0.4 is 5.32 Å². The van der Waals surface area contributed by atoms with E-state index in [1.54, 1.807) is 18.2 Å². The van der Waals surface area contributed by atoms with E-state index in [4.69, 9.17) is 4.74 Å². The number of sulfonamides is 1. The van der Waals surface area contributed by atoms with E-state index < -0.39 is 10.0 Å². The smallest absolute Gasteiger partial charge is 0.251 e. The molecule has 2 aromatic carbocycles. The number of amides is 1. The summed E-state index contributed by atoms with van der Waals surface area (Å²) >= 11 is 1.34. The first kappa shape index (κ1) is 22.3. The summed E-state index contributed by atoms with van der Waals surface area (Å²) in [5.41, 5.74) is 0.986. The summed E-state index contributed by atoms with van der Waals surface area (Å²) < 4.78 is 32.0. The van der Waals surface area contributed by atoms with Gasteiger partial charge in [-0.15, -0.1) is 11.3 Å². The van der Waals surface area contributed by atoms with E-state index in [0.717, 1.165) is 4.88 Å². The third kappa shape index (κ3) is 4.97. The SMILES string of the molecule is O=C(NCc1ccc(C(=O)c2ccccc2)s1)c1ccc(S(=O)(=O)N2CCOCC2)cc1. The molecule has 0 atom stereocenters. The molecule has 0 unspecified atom stereocenters. The van der Waals surface area contributed by atoms with Gasteiger partial charge in [0.25, 0.3) is 5.91 Å². The number of ketones is 1. The van der Waals surface area contributed by atoms with Gasteiger partial charge in [-0.25, -0.2) is 8.42 Å². The molecule has 0 saturated carbocycles. The second-order valence-electron chi connectivity index (χ2n) is 7.18. The first-order valence-electron chi connectivity index (χ1n) is 10.1. The summed E-state index contributed by atoms with van der Waals surface area (Å²) in [7, 11) is -3.60. The monoisotopic (exact) mass is 470 g/mol. The van der Waals surface area contributed by atoms with Crippen molar-refractivity contribution in [3.63, 3.8) is 0 Å². The summed E-state index contributed by atoms with van der Waals surface area (Å²) in [5.74, 6) is -0.366. The Labute approximate surface area is 190 Å². The molecular formula is C23H22N2O5S2. The molecular weight excluding hydrogens is 448 g/mol. The third-order valence-corrected chi connectivity index (χ3v) is 8.07. The molecule has 7 nitrogen and oxygen atoms in total. The summed E-state index contributed by atoms with van der Waals surface area (Å²) in [6, 6.07) is 18.5. The van der Waals surface area contributed by atoms with E-state index in [1.807, 2.05) is 24.3 Å². The number of rotatable bonds is 7. The van der Waals surface area contributed by atoms with E-state index >= 15 is 0 Å². The Bertz CT molecular complexity index is 1200. The Balaban J connectivity index is 1.37. The normalized spacial score (nSPS) is 14.8. The molecule has 1 fully saturated rings. The highest BCUT2D eigenvalue weighted by Crippen LogP contribution is 2.21. The van der Waals surface area contributed by atoms with E-state index in [-0.39, 0.29) is 23.1 Å². The fourth-order valence-corrected chi connectivity index (χ4v) is 5.63. The third-order valence-electron chi connectivity index (χ3n) is 5.07. The predicted octanol–water partition coefficient (Wildman–Crippen LogP) is 2.93. The largest absolute Gasteiger partial charge is 0.379 e. The summed E-state index contributed by atoms with van der Waals surface area (Å²) in [4.78, 5) is 26.6. The molecule has 0 radical (unpaired) electrons. The zero-order valence-corrected chi connectivity index (χ0v) is 18.8. The van der Waals surface area contributed by atoms with Gasteiger partial charge in [0.1, 0.15) is 0 Å². The average Bonchev–Trinajstić information content (AvgIpc) is 3.32. The Morgan fingerprint density at radius 1 is 0.906 bits per heavy atom. The van der Waals surface area contributed by atoms with Gasteiger partial charge in [0.15, 0.2) is 0 Å². The lowest BCUT2D eigenvalue weighted by Crippen LogP contribution is -2.40. The van der Waals surface area contributed by atoms with Crippen molar-refractivity contribution in [3.8, 4) is 0 Å². The predicted molar refractivity (Wildman–Crippen MR) is 121 cm³/mol. The number of hydrogen-bond acceptors (Lipinski definition) is 6. The molecule has 1 amide bonds. The van der Waals surface area contributed by atoms with Crippen LogP contribution in [0.25, 0.3) is 0 Å². The minimum atomic E-state index is -3.60. The van der Waals surface area contributed by atoms with E-state index in [1.165, 1.54) is 39.9 Å². The van der Waals surface area contributed by atoms with Crippen molar-refractivity contribution in [1.82, 2.24) is 9.62 Å². The maximum atomic E-state index is 12.7. The number of carbonyl (C=O) groups is 2. The number of benzene rings is 2. The highest BCUT2D eigenvalue weighted by atomic mass is 32.2. The van der Waals surface area contributed by atoms with Crippen molar-refractivity contribution >= 4 is 33.1 Å². The number of ether oxygens (including phenoxy) is 1. The summed E-state index contributed by atoms with van der Waals surface area (Å²) in [6.07, 6.45) is 0. The van der Waals surface area contributed by atoms with Crippen LogP contribution in [0.4, 0.5) is 0 Å². The molecule has 3 aromatic rings. The number of nitrogens with zero attached hydrogens (tertiary/aromatic N) is 1. The molecule has 166 valence electrons. The maximum absolute atomic E-state index is 12.7. The second-order valence-corrected chi connectivity index (χ2v) is 10.3. The number of morpholine rings is 1. The molecule has 0 spiro atoms. The quantitative estimate of drug-likeness (QED) is 0.536. The number of carbonyl (C=O) groups excluding carboxylic acids is 2. The van der Waals surface area contributed by atoms with Gasteiger partial charge >= 0.3 is 0 Å². The Hall–Kier alpha value is -2.85. The molecule has 0 aliphatic carbocycles. The average molecular weight is 471 g/mol. The van der Waals surface area contributed by atoms with Gasteiger partial charge in [-0.3, -0.25) is 9.59 Å². The van der Waals surface area contributed by atoms with Crippen LogP contribution in [0.15, 0.2) is 71.6 Å². The van der Waals surface area contributed by atoms with Crippen LogP contribution in [0, 0.1) is 0 Å². The number of hydrogen-bond donors (Lipinski definition) is 1. The van der Waals surface area contributed by atoms with Crippen LogP contribution >= 0.6 is 11.3 Å². The maximum Gasteiger partial charge on any atom is 0.251 e. The van der Waals surface area contributed by atoms with Crippen LogP contribution in [0.5, 0.6) is 0 Å². The lowest BCUT2D eigenvalue weighted by molar-refractivity contribution is 0.0730. The Kier molecular flexibility index (Phi) is 6.80. The second kappa shape index (κ2) is 9.74. The number of thiophene rings is 1. The summed E-state index contributed by atoms with van der Waals surface area (Å²) in [6.45, 7) is 1.67. The van der Waals surface area contributed by atoms with Gasteiger partial charge in [-0.2, -0.15) is 4.31 Å². The van der Waals surface area contributed by atoms with Gasteiger partial charge < -0.3 is 10.1 Å². The highest BCUT2D eigenvalue weighted by molar-refractivity contribution is 7.89. The molecule has 0 bridgehead atoms. The molecule has 1 aliphatic rings. The van der Waals surface area contributed by atoms with Crippen molar-refractivity contribution in [2.45, 2.75) is 11.4 Å². The fraction of sp³-hybridized carbons (Fsp3) is 0.217. The van der Waals surface area contributed by atoms with Gasteiger partial charge in [0.05, 0.1) is 29.5 Å². The van der Waals surface area contributed by atoms with E-state index in [2.05, 4.69) is 5.32 Å². The van der Waals surface area contributed by atoms with E-state index in [0.29, 0.717) is 42.3 Å². The molecule has 2 heterocycles. The lowest BCUT2D eigenvalue weighted by atomic mass is 10.1. The summed E-state index contributed by atoms with van der Waals surface area (Å²) in [5, 5.41) is 2.81. The lowest BCUT2D eigenvalue weighted by Gasteiger charge is -2.26. The zero-order chi connectivity index (χ0) is 22.6. The zero-order valence-electron chi connectivity index (χ0n) is 17.2. The number of nitrogens with one attached hydrogen (secondary N) is 1. The first-order chi connectivity index (χ1) is 15.4. The van der Waals surface area contributed by atoms with Crippen molar-refractivity contribution in [2.75, 3.05) is 26.3 Å². The van der Waals surface area contributed by atoms with Crippen LogP contribution in [-0.2, 0) is 21.3 Å².